The summed E-state index contributed by atoms with van der Waals surface area (Å²) >= 11 is 0. The molecule has 0 unspecified atom stereocenters. The van der Waals surface area contributed by atoms with Crippen LogP contribution in [0.3, 0.4) is 0 Å². The lowest BCUT2D eigenvalue weighted by atomic mass is 10.1. The van der Waals surface area contributed by atoms with Gasteiger partial charge >= 0.3 is 0 Å². The van der Waals surface area contributed by atoms with Gasteiger partial charge in [0.05, 0.1) is 0 Å². The fraction of sp³-hybridized carbons (Fsp3) is 0.857. The molecule has 1 aliphatic heterocycles. The minimum Gasteiger partial charge on any atom is -0.343 e. The van der Waals surface area contributed by atoms with E-state index in [4.69, 9.17) is 0 Å². The van der Waals surface area contributed by atoms with E-state index in [2.05, 4.69) is 13.8 Å². The third-order valence-corrected chi connectivity index (χ3v) is 2.32. The average Bonchev–Trinajstić information content (AvgIpc) is 1.98. The number of rotatable bonds is 0. The monoisotopic (exact) mass is 127 g/mol. The summed E-state index contributed by atoms with van der Waals surface area (Å²) < 4.78 is 0. The van der Waals surface area contributed by atoms with E-state index in [0.29, 0.717) is 12.0 Å². The molecule has 1 rings (SSSR count). The zero-order valence-corrected chi connectivity index (χ0v) is 6.22. The molecule has 0 aromatic rings. The van der Waals surface area contributed by atoms with Crippen LogP contribution in [0.1, 0.15) is 20.3 Å². The first kappa shape index (κ1) is 6.59. The van der Waals surface area contributed by atoms with Gasteiger partial charge in [0.25, 0.3) is 0 Å². The van der Waals surface area contributed by atoms with Crippen molar-refractivity contribution in [3.05, 3.63) is 0 Å². The van der Waals surface area contributed by atoms with E-state index in [1.807, 2.05) is 11.9 Å². The van der Waals surface area contributed by atoms with Gasteiger partial charge in [-0.15, -0.1) is 0 Å². The molecule has 9 heavy (non-hydrogen) atoms. The third-order valence-electron chi connectivity index (χ3n) is 2.32. The van der Waals surface area contributed by atoms with Crippen molar-refractivity contribution in [1.29, 1.82) is 0 Å². The first-order valence-corrected chi connectivity index (χ1v) is 3.38. The summed E-state index contributed by atoms with van der Waals surface area (Å²) in [7, 11) is 1.87. The molecule has 0 aromatic heterocycles. The normalized spacial score (nSPS) is 35.9. The molecule has 1 amide bonds. The lowest BCUT2D eigenvalue weighted by Gasteiger charge is -2.16. The van der Waals surface area contributed by atoms with Gasteiger partial charge in [0, 0.05) is 19.5 Å². The Morgan fingerprint density at radius 2 is 2.11 bits per heavy atom. The van der Waals surface area contributed by atoms with E-state index in [0.717, 1.165) is 6.42 Å². The van der Waals surface area contributed by atoms with E-state index >= 15 is 0 Å². The second-order valence-corrected chi connectivity index (χ2v) is 2.93. The van der Waals surface area contributed by atoms with Crippen molar-refractivity contribution in [3.63, 3.8) is 0 Å². The van der Waals surface area contributed by atoms with E-state index < -0.39 is 0 Å². The van der Waals surface area contributed by atoms with Crippen molar-refractivity contribution in [1.82, 2.24) is 4.90 Å². The molecule has 0 aliphatic carbocycles. The molecule has 0 bridgehead atoms. The maximum atomic E-state index is 10.9. The maximum absolute atomic E-state index is 10.9. The Hall–Kier alpha value is -0.530. The predicted octanol–water partition coefficient (Wildman–Crippen LogP) is 0.873. The van der Waals surface area contributed by atoms with Crippen molar-refractivity contribution < 1.29 is 4.79 Å². The molecule has 1 saturated heterocycles. The number of likely N-dealkylation sites (tertiary alicyclic amines) is 1. The van der Waals surface area contributed by atoms with Crippen LogP contribution in [0.4, 0.5) is 0 Å². The summed E-state index contributed by atoms with van der Waals surface area (Å²) in [6.45, 7) is 4.21. The number of hydrogen-bond donors (Lipinski definition) is 0. The topological polar surface area (TPSA) is 20.3 Å². The van der Waals surface area contributed by atoms with Crippen LogP contribution in [0.15, 0.2) is 0 Å². The van der Waals surface area contributed by atoms with E-state index in [9.17, 15) is 4.79 Å². The van der Waals surface area contributed by atoms with E-state index in [1.54, 1.807) is 0 Å². The van der Waals surface area contributed by atoms with Crippen molar-refractivity contribution in [2.75, 3.05) is 7.05 Å². The van der Waals surface area contributed by atoms with Crippen LogP contribution in [-0.4, -0.2) is 23.9 Å². The van der Waals surface area contributed by atoms with Gasteiger partial charge in [-0.2, -0.15) is 0 Å². The van der Waals surface area contributed by atoms with Crippen molar-refractivity contribution in [3.8, 4) is 0 Å². The van der Waals surface area contributed by atoms with Crippen molar-refractivity contribution >= 4 is 5.91 Å². The highest BCUT2D eigenvalue weighted by molar-refractivity contribution is 5.78. The summed E-state index contributed by atoms with van der Waals surface area (Å²) in [5.41, 5.74) is 0. The van der Waals surface area contributed by atoms with Gasteiger partial charge in [-0.3, -0.25) is 4.79 Å². The number of carbonyl (C=O) groups is 1. The zero-order valence-electron chi connectivity index (χ0n) is 6.22. The summed E-state index contributed by atoms with van der Waals surface area (Å²) in [5.74, 6) is 0.831. The highest BCUT2D eigenvalue weighted by Gasteiger charge is 2.30. The molecule has 2 nitrogen and oxygen atoms in total. The van der Waals surface area contributed by atoms with Crippen LogP contribution in [0.2, 0.25) is 0 Å². The number of amides is 1. The molecule has 1 aliphatic rings. The Morgan fingerprint density at radius 3 is 2.22 bits per heavy atom. The van der Waals surface area contributed by atoms with Gasteiger partial charge in [0.1, 0.15) is 0 Å². The molecule has 2 atom stereocenters. The molecule has 1 fully saturated rings. The lowest BCUT2D eigenvalue weighted by molar-refractivity contribution is -0.127. The summed E-state index contributed by atoms with van der Waals surface area (Å²) in [4.78, 5) is 12.7. The Labute approximate surface area is 55.8 Å². The highest BCUT2D eigenvalue weighted by atomic mass is 16.2. The second-order valence-electron chi connectivity index (χ2n) is 2.93. The van der Waals surface area contributed by atoms with Gasteiger partial charge in [-0.1, -0.05) is 6.92 Å². The quantitative estimate of drug-likeness (QED) is 0.473. The van der Waals surface area contributed by atoms with Crippen molar-refractivity contribution in [2.45, 2.75) is 26.3 Å². The van der Waals surface area contributed by atoms with Gasteiger partial charge in [0.2, 0.25) is 5.91 Å². The first-order chi connectivity index (χ1) is 4.13. The van der Waals surface area contributed by atoms with Crippen LogP contribution in [0.5, 0.6) is 0 Å². The van der Waals surface area contributed by atoms with Crippen LogP contribution in [-0.2, 0) is 4.79 Å². The molecular weight excluding hydrogens is 114 g/mol. The molecular formula is C7H13NO. The Balaban J connectivity index is 2.65. The Bertz CT molecular complexity index is 133. The molecule has 0 aromatic carbocycles. The molecule has 1 heterocycles. The van der Waals surface area contributed by atoms with Crippen LogP contribution >= 0.6 is 0 Å². The van der Waals surface area contributed by atoms with Gasteiger partial charge in [-0.25, -0.2) is 0 Å². The van der Waals surface area contributed by atoms with Crippen molar-refractivity contribution in [2.24, 2.45) is 5.92 Å². The van der Waals surface area contributed by atoms with Crippen LogP contribution in [0, 0.1) is 5.92 Å². The predicted molar refractivity (Wildman–Crippen MR) is 36.0 cm³/mol. The fourth-order valence-electron chi connectivity index (χ4n) is 1.20. The third kappa shape index (κ3) is 0.934. The van der Waals surface area contributed by atoms with E-state index in [1.165, 1.54) is 0 Å². The number of hydrogen-bond acceptors (Lipinski definition) is 1. The summed E-state index contributed by atoms with van der Waals surface area (Å²) in [5, 5.41) is 0. The summed E-state index contributed by atoms with van der Waals surface area (Å²) in [6.07, 6.45) is 0.734. The molecule has 0 radical (unpaired) electrons. The Morgan fingerprint density at radius 1 is 1.56 bits per heavy atom. The van der Waals surface area contributed by atoms with Gasteiger partial charge < -0.3 is 4.90 Å². The van der Waals surface area contributed by atoms with E-state index in [-0.39, 0.29) is 5.91 Å². The standard InChI is InChI=1S/C7H13NO/c1-5-4-7(9)8(3)6(5)2/h5-6H,4H2,1-3H3/t5-,6+/m1/s1. The minimum atomic E-state index is 0.287. The minimum absolute atomic E-state index is 0.287. The van der Waals surface area contributed by atoms with Gasteiger partial charge in [-0.05, 0) is 12.8 Å². The maximum Gasteiger partial charge on any atom is 0.222 e. The zero-order chi connectivity index (χ0) is 7.02. The molecule has 0 spiro atoms. The molecule has 0 N–H and O–H groups in total. The molecule has 2 heteroatoms. The number of nitrogens with zero attached hydrogens (tertiary/aromatic N) is 1. The fourth-order valence-corrected chi connectivity index (χ4v) is 1.20. The lowest BCUT2D eigenvalue weighted by Crippen LogP contribution is -2.27. The largest absolute Gasteiger partial charge is 0.343 e. The average molecular weight is 127 g/mol. The molecule has 0 saturated carbocycles. The van der Waals surface area contributed by atoms with Crippen LogP contribution in [0.25, 0.3) is 0 Å². The number of carbonyl (C=O) groups excluding carboxylic acids is 1. The SMILES string of the molecule is C[C@@H]1CC(=O)N(C)[C@H]1C. The molecule has 52 valence electrons. The highest BCUT2D eigenvalue weighted by Crippen LogP contribution is 2.22. The second kappa shape index (κ2) is 2.01. The van der Waals surface area contributed by atoms with Crippen LogP contribution < -0.4 is 0 Å². The first-order valence-electron chi connectivity index (χ1n) is 3.38. The smallest absolute Gasteiger partial charge is 0.222 e. The summed E-state index contributed by atoms with van der Waals surface area (Å²) in [6, 6.07) is 0.442. The van der Waals surface area contributed by atoms with Gasteiger partial charge in [0.15, 0.2) is 0 Å². The Kier molecular flexibility index (Phi) is 1.47.